The molecule has 114 valence electrons. The highest BCUT2D eigenvalue weighted by Gasteiger charge is 2.27. The molecule has 0 saturated carbocycles. The van der Waals surface area contributed by atoms with E-state index in [0.29, 0.717) is 25.1 Å². The largest absolute Gasteiger partial charge is 0.367 e. The van der Waals surface area contributed by atoms with Gasteiger partial charge in [-0.2, -0.15) is 5.26 Å². The summed E-state index contributed by atoms with van der Waals surface area (Å²) in [6, 6.07) is 5.74. The molecule has 1 aliphatic heterocycles. The number of hydrogen-bond donors (Lipinski definition) is 1. The van der Waals surface area contributed by atoms with Gasteiger partial charge in [0, 0.05) is 25.3 Å². The fourth-order valence-corrected chi connectivity index (χ4v) is 3.96. The molecule has 6 nitrogen and oxygen atoms in total. The molecule has 0 unspecified atom stereocenters. The Morgan fingerprint density at radius 3 is 2.67 bits per heavy atom. The second-order valence-corrected chi connectivity index (χ2v) is 7.27. The van der Waals surface area contributed by atoms with E-state index in [1.165, 1.54) is 6.20 Å². The van der Waals surface area contributed by atoms with Gasteiger partial charge in [0.25, 0.3) is 0 Å². The Kier molecular flexibility index (Phi) is 5.15. The van der Waals surface area contributed by atoms with Crippen molar-refractivity contribution in [3.8, 4) is 6.07 Å². The number of piperidine rings is 1. The number of sulfonamides is 1. The van der Waals surface area contributed by atoms with Crippen LogP contribution in [0.4, 0.5) is 5.82 Å². The van der Waals surface area contributed by atoms with E-state index >= 15 is 0 Å². The first-order valence-electron chi connectivity index (χ1n) is 7.15. The molecule has 0 aromatic carbocycles. The molecule has 0 radical (unpaired) electrons. The molecule has 0 amide bonds. The molecule has 1 fully saturated rings. The minimum atomic E-state index is -3.08. The molecule has 1 aromatic heterocycles. The molecule has 2 heterocycles. The first-order chi connectivity index (χ1) is 10.0. The average Bonchev–Trinajstić information content (AvgIpc) is 2.48. The van der Waals surface area contributed by atoms with Crippen LogP contribution in [0.2, 0.25) is 0 Å². The van der Waals surface area contributed by atoms with E-state index in [-0.39, 0.29) is 11.8 Å². The van der Waals surface area contributed by atoms with E-state index in [4.69, 9.17) is 5.26 Å². The Bertz CT molecular complexity index is 599. The van der Waals surface area contributed by atoms with Crippen LogP contribution < -0.4 is 5.32 Å². The Hall–Kier alpha value is -1.65. The quantitative estimate of drug-likeness (QED) is 0.892. The maximum Gasteiger partial charge on any atom is 0.214 e. The van der Waals surface area contributed by atoms with Crippen LogP contribution in [0, 0.1) is 11.3 Å². The molecule has 7 heteroatoms. The Balaban J connectivity index is 1.88. The summed E-state index contributed by atoms with van der Waals surface area (Å²) in [7, 11) is -3.08. The van der Waals surface area contributed by atoms with Gasteiger partial charge < -0.3 is 5.32 Å². The second-order valence-electron chi connectivity index (χ2n) is 5.18. The zero-order chi connectivity index (χ0) is 15.3. The summed E-state index contributed by atoms with van der Waals surface area (Å²) >= 11 is 0. The SMILES string of the molecule is CCCS(=O)(=O)N1CCC(Nc2ccc(C#N)cn2)CC1. The van der Waals surface area contributed by atoms with E-state index in [0.717, 1.165) is 18.7 Å². The highest BCUT2D eigenvalue weighted by Crippen LogP contribution is 2.18. The number of nitrogens with one attached hydrogen (secondary N) is 1. The van der Waals surface area contributed by atoms with E-state index in [1.807, 2.05) is 13.0 Å². The first kappa shape index (κ1) is 15.7. The Labute approximate surface area is 125 Å². The summed E-state index contributed by atoms with van der Waals surface area (Å²) in [5, 5.41) is 12.0. The zero-order valence-electron chi connectivity index (χ0n) is 12.1. The fourth-order valence-electron chi connectivity index (χ4n) is 2.42. The minimum Gasteiger partial charge on any atom is -0.367 e. The third kappa shape index (κ3) is 4.16. The van der Waals surface area contributed by atoms with Crippen molar-refractivity contribution >= 4 is 15.8 Å². The van der Waals surface area contributed by atoms with Crippen molar-refractivity contribution in [2.75, 3.05) is 24.2 Å². The molecule has 1 N–H and O–H groups in total. The van der Waals surface area contributed by atoms with Gasteiger partial charge in [-0.1, -0.05) is 6.92 Å². The van der Waals surface area contributed by atoms with Crippen molar-refractivity contribution in [3.05, 3.63) is 23.9 Å². The summed E-state index contributed by atoms with van der Waals surface area (Å²) in [5.41, 5.74) is 0.529. The van der Waals surface area contributed by atoms with E-state index in [1.54, 1.807) is 16.4 Å². The lowest BCUT2D eigenvalue weighted by molar-refractivity contribution is 0.329. The van der Waals surface area contributed by atoms with Crippen molar-refractivity contribution in [1.29, 1.82) is 5.26 Å². The van der Waals surface area contributed by atoms with Gasteiger partial charge in [-0.05, 0) is 31.4 Å². The second kappa shape index (κ2) is 6.87. The Morgan fingerprint density at radius 2 is 2.14 bits per heavy atom. The summed E-state index contributed by atoms with van der Waals surface area (Å²) < 4.78 is 25.6. The van der Waals surface area contributed by atoms with Crippen LogP contribution in [-0.2, 0) is 10.0 Å². The number of nitrogens with zero attached hydrogens (tertiary/aromatic N) is 3. The highest BCUT2D eigenvalue weighted by molar-refractivity contribution is 7.89. The third-order valence-corrected chi connectivity index (χ3v) is 5.63. The molecule has 1 aromatic rings. The number of nitriles is 1. The lowest BCUT2D eigenvalue weighted by atomic mass is 10.1. The van der Waals surface area contributed by atoms with E-state index in [2.05, 4.69) is 10.3 Å². The van der Waals surface area contributed by atoms with Crippen molar-refractivity contribution in [2.24, 2.45) is 0 Å². The number of aromatic nitrogens is 1. The highest BCUT2D eigenvalue weighted by atomic mass is 32.2. The Morgan fingerprint density at radius 1 is 1.43 bits per heavy atom. The summed E-state index contributed by atoms with van der Waals surface area (Å²) in [5.74, 6) is 0.950. The van der Waals surface area contributed by atoms with Crippen LogP contribution >= 0.6 is 0 Å². The van der Waals surface area contributed by atoms with Crippen molar-refractivity contribution in [3.63, 3.8) is 0 Å². The molecule has 1 saturated heterocycles. The fraction of sp³-hybridized carbons (Fsp3) is 0.571. The monoisotopic (exact) mass is 308 g/mol. The van der Waals surface area contributed by atoms with Crippen molar-refractivity contribution < 1.29 is 8.42 Å². The number of hydrogen-bond acceptors (Lipinski definition) is 5. The van der Waals surface area contributed by atoms with E-state index < -0.39 is 10.0 Å². The van der Waals surface area contributed by atoms with Crippen LogP contribution in [0.25, 0.3) is 0 Å². The van der Waals surface area contributed by atoms with Gasteiger partial charge in [0.05, 0.1) is 11.3 Å². The summed E-state index contributed by atoms with van der Waals surface area (Å²) in [6.07, 6.45) is 3.72. The van der Waals surface area contributed by atoms with Gasteiger partial charge >= 0.3 is 0 Å². The molecule has 0 spiro atoms. The molecular weight excluding hydrogens is 288 g/mol. The topological polar surface area (TPSA) is 86.1 Å². The first-order valence-corrected chi connectivity index (χ1v) is 8.76. The predicted molar refractivity (Wildman–Crippen MR) is 81.2 cm³/mol. The lowest BCUT2D eigenvalue weighted by Crippen LogP contribution is -2.43. The summed E-state index contributed by atoms with van der Waals surface area (Å²) in [4.78, 5) is 4.18. The molecule has 21 heavy (non-hydrogen) atoms. The van der Waals surface area contributed by atoms with E-state index in [9.17, 15) is 8.42 Å². The van der Waals surface area contributed by atoms with Crippen molar-refractivity contribution in [2.45, 2.75) is 32.2 Å². The molecule has 2 rings (SSSR count). The smallest absolute Gasteiger partial charge is 0.214 e. The standard InChI is InChI=1S/C14H20N4O2S/c1-2-9-21(19,20)18-7-5-13(6-8-18)17-14-4-3-12(10-15)11-16-14/h3-4,11,13H,2,5-9H2,1H3,(H,16,17). The van der Waals surface area contributed by atoms with Crippen LogP contribution in [0.1, 0.15) is 31.7 Å². The van der Waals surface area contributed by atoms with Gasteiger partial charge in [0.1, 0.15) is 11.9 Å². The number of pyridine rings is 1. The molecular formula is C14H20N4O2S. The van der Waals surface area contributed by atoms with Crippen LogP contribution in [-0.4, -0.2) is 42.6 Å². The van der Waals surface area contributed by atoms with Gasteiger partial charge in [0.15, 0.2) is 0 Å². The lowest BCUT2D eigenvalue weighted by Gasteiger charge is -2.31. The van der Waals surface area contributed by atoms with Gasteiger partial charge in [-0.15, -0.1) is 0 Å². The van der Waals surface area contributed by atoms with Crippen LogP contribution in [0.5, 0.6) is 0 Å². The van der Waals surface area contributed by atoms with Gasteiger partial charge in [-0.25, -0.2) is 17.7 Å². The zero-order valence-corrected chi connectivity index (χ0v) is 12.9. The maximum atomic E-state index is 12.0. The van der Waals surface area contributed by atoms with Crippen LogP contribution in [0.3, 0.4) is 0 Å². The predicted octanol–water partition coefficient (Wildman–Crippen LogP) is 1.57. The van der Waals surface area contributed by atoms with Crippen LogP contribution in [0.15, 0.2) is 18.3 Å². The normalized spacial score (nSPS) is 17.3. The molecule has 0 aliphatic carbocycles. The minimum absolute atomic E-state index is 0.221. The van der Waals surface area contributed by atoms with Gasteiger partial charge in [-0.3, -0.25) is 0 Å². The van der Waals surface area contributed by atoms with Gasteiger partial charge in [0.2, 0.25) is 10.0 Å². The maximum absolute atomic E-state index is 12.0. The number of rotatable bonds is 5. The summed E-state index contributed by atoms with van der Waals surface area (Å²) in [6.45, 7) is 2.98. The number of anilines is 1. The molecule has 0 bridgehead atoms. The molecule has 1 aliphatic rings. The average molecular weight is 308 g/mol. The molecule has 0 atom stereocenters. The van der Waals surface area contributed by atoms with Crippen molar-refractivity contribution in [1.82, 2.24) is 9.29 Å². The third-order valence-electron chi connectivity index (χ3n) is 3.55.